The number of carbonyl (C=O) groups is 1. The highest BCUT2D eigenvalue weighted by Crippen LogP contribution is 2.22. The average molecular weight is 279 g/mol. The molecular formula is C19H21NO. The van der Waals surface area contributed by atoms with E-state index < -0.39 is 0 Å². The Balaban J connectivity index is 1.68. The van der Waals surface area contributed by atoms with E-state index >= 15 is 0 Å². The Morgan fingerprint density at radius 3 is 2.48 bits per heavy atom. The van der Waals surface area contributed by atoms with Crippen LogP contribution in [0.3, 0.4) is 0 Å². The summed E-state index contributed by atoms with van der Waals surface area (Å²) in [5, 5.41) is 3.17. The molecule has 0 saturated heterocycles. The summed E-state index contributed by atoms with van der Waals surface area (Å²) >= 11 is 0. The van der Waals surface area contributed by atoms with Gasteiger partial charge in [0, 0.05) is 11.6 Å². The van der Waals surface area contributed by atoms with Crippen molar-refractivity contribution in [3.05, 3.63) is 70.3 Å². The highest BCUT2D eigenvalue weighted by molar-refractivity contribution is 5.94. The zero-order valence-corrected chi connectivity index (χ0v) is 12.6. The lowest BCUT2D eigenvalue weighted by atomic mass is 9.87. The number of nitrogens with one attached hydrogen (secondary N) is 1. The van der Waals surface area contributed by atoms with E-state index in [-0.39, 0.29) is 11.9 Å². The number of hydrogen-bond donors (Lipinski definition) is 1. The molecule has 1 aliphatic carbocycles. The standard InChI is InChI=1S/C19H21NO/c1-13-3-6-15(7-4-13)19(21)20-18-10-9-16-11-14(2)5-8-17(16)12-18/h3-8,11,18H,9-10,12H2,1-2H3,(H,20,21). The third-order valence-electron chi connectivity index (χ3n) is 4.24. The average Bonchev–Trinajstić information content (AvgIpc) is 2.48. The van der Waals surface area contributed by atoms with Crippen LogP contribution in [0.4, 0.5) is 0 Å². The molecule has 2 heteroatoms. The van der Waals surface area contributed by atoms with Crippen molar-refractivity contribution >= 4 is 5.91 Å². The molecule has 1 atom stereocenters. The number of hydrogen-bond acceptors (Lipinski definition) is 1. The van der Waals surface area contributed by atoms with Gasteiger partial charge in [-0.15, -0.1) is 0 Å². The Kier molecular flexibility index (Phi) is 3.78. The molecule has 0 bridgehead atoms. The number of fused-ring (bicyclic) bond motifs is 1. The molecule has 3 rings (SSSR count). The van der Waals surface area contributed by atoms with Gasteiger partial charge in [0.2, 0.25) is 0 Å². The molecule has 1 N–H and O–H groups in total. The Morgan fingerprint density at radius 2 is 1.71 bits per heavy atom. The van der Waals surface area contributed by atoms with E-state index in [9.17, 15) is 4.79 Å². The van der Waals surface area contributed by atoms with Crippen LogP contribution >= 0.6 is 0 Å². The van der Waals surface area contributed by atoms with Crippen LogP contribution in [0.5, 0.6) is 0 Å². The predicted molar refractivity (Wildman–Crippen MR) is 85.6 cm³/mol. The first-order valence-corrected chi connectivity index (χ1v) is 7.58. The third-order valence-corrected chi connectivity index (χ3v) is 4.24. The fraction of sp³-hybridized carbons (Fsp3) is 0.316. The van der Waals surface area contributed by atoms with Crippen LogP contribution in [-0.4, -0.2) is 11.9 Å². The number of rotatable bonds is 2. The molecule has 2 aromatic rings. The van der Waals surface area contributed by atoms with Gasteiger partial charge >= 0.3 is 0 Å². The van der Waals surface area contributed by atoms with Crippen molar-refractivity contribution < 1.29 is 4.79 Å². The molecule has 0 aromatic heterocycles. The molecule has 0 radical (unpaired) electrons. The van der Waals surface area contributed by atoms with Crippen molar-refractivity contribution in [2.24, 2.45) is 0 Å². The summed E-state index contributed by atoms with van der Waals surface area (Å²) in [6, 6.07) is 14.6. The van der Waals surface area contributed by atoms with Crippen molar-refractivity contribution in [1.82, 2.24) is 5.32 Å². The van der Waals surface area contributed by atoms with Gasteiger partial charge < -0.3 is 5.32 Å². The summed E-state index contributed by atoms with van der Waals surface area (Å²) in [6.45, 7) is 4.16. The van der Waals surface area contributed by atoms with Gasteiger partial charge in [0.25, 0.3) is 5.91 Å². The summed E-state index contributed by atoms with van der Waals surface area (Å²) in [5.74, 6) is 0.0376. The molecule has 2 nitrogen and oxygen atoms in total. The number of benzene rings is 2. The Morgan fingerprint density at radius 1 is 1.00 bits per heavy atom. The van der Waals surface area contributed by atoms with Crippen molar-refractivity contribution in [2.45, 2.75) is 39.2 Å². The van der Waals surface area contributed by atoms with E-state index in [1.165, 1.54) is 22.3 Å². The van der Waals surface area contributed by atoms with Gasteiger partial charge in [0.1, 0.15) is 0 Å². The highest BCUT2D eigenvalue weighted by Gasteiger charge is 2.20. The predicted octanol–water partition coefficient (Wildman–Crippen LogP) is 3.59. The summed E-state index contributed by atoms with van der Waals surface area (Å²) in [4.78, 5) is 12.3. The van der Waals surface area contributed by atoms with Crippen molar-refractivity contribution in [3.63, 3.8) is 0 Å². The molecule has 108 valence electrons. The lowest BCUT2D eigenvalue weighted by Gasteiger charge is -2.26. The molecule has 0 heterocycles. The summed E-state index contributed by atoms with van der Waals surface area (Å²) in [6.07, 6.45) is 3.01. The van der Waals surface area contributed by atoms with Crippen LogP contribution in [0.2, 0.25) is 0 Å². The first-order chi connectivity index (χ1) is 10.1. The van der Waals surface area contributed by atoms with Gasteiger partial charge in [-0.05, 0) is 56.4 Å². The molecule has 2 aromatic carbocycles. The van der Waals surface area contributed by atoms with Crippen LogP contribution in [0, 0.1) is 13.8 Å². The molecule has 1 unspecified atom stereocenters. The van der Waals surface area contributed by atoms with Crippen molar-refractivity contribution in [2.75, 3.05) is 0 Å². The highest BCUT2D eigenvalue weighted by atomic mass is 16.1. The number of aryl methyl sites for hydroxylation is 3. The Bertz CT molecular complexity index is 658. The van der Waals surface area contributed by atoms with E-state index in [0.717, 1.165) is 24.8 Å². The van der Waals surface area contributed by atoms with Gasteiger partial charge in [-0.3, -0.25) is 4.79 Å². The molecule has 21 heavy (non-hydrogen) atoms. The smallest absolute Gasteiger partial charge is 0.251 e. The molecule has 0 fully saturated rings. The fourth-order valence-electron chi connectivity index (χ4n) is 2.98. The minimum atomic E-state index is 0.0376. The van der Waals surface area contributed by atoms with Crippen LogP contribution in [-0.2, 0) is 12.8 Å². The van der Waals surface area contributed by atoms with Crippen molar-refractivity contribution in [1.29, 1.82) is 0 Å². The van der Waals surface area contributed by atoms with E-state index in [4.69, 9.17) is 0 Å². The molecule has 1 aliphatic rings. The van der Waals surface area contributed by atoms with Gasteiger partial charge in [-0.25, -0.2) is 0 Å². The lowest BCUT2D eigenvalue weighted by Crippen LogP contribution is -2.38. The Hall–Kier alpha value is -2.09. The first-order valence-electron chi connectivity index (χ1n) is 7.58. The minimum absolute atomic E-state index is 0.0376. The van der Waals surface area contributed by atoms with Gasteiger partial charge in [0.15, 0.2) is 0 Å². The maximum Gasteiger partial charge on any atom is 0.251 e. The molecular weight excluding hydrogens is 258 g/mol. The zero-order chi connectivity index (χ0) is 14.8. The van der Waals surface area contributed by atoms with Crippen molar-refractivity contribution in [3.8, 4) is 0 Å². The number of amides is 1. The van der Waals surface area contributed by atoms with E-state index in [1.54, 1.807) is 0 Å². The minimum Gasteiger partial charge on any atom is -0.349 e. The topological polar surface area (TPSA) is 29.1 Å². The zero-order valence-electron chi connectivity index (χ0n) is 12.6. The van der Waals surface area contributed by atoms with Crippen LogP contribution in [0.15, 0.2) is 42.5 Å². The number of carbonyl (C=O) groups excluding carboxylic acids is 1. The van der Waals surface area contributed by atoms with E-state index in [0.29, 0.717) is 0 Å². The molecule has 0 spiro atoms. The van der Waals surface area contributed by atoms with Gasteiger partial charge in [-0.1, -0.05) is 41.5 Å². The largest absolute Gasteiger partial charge is 0.349 e. The normalized spacial score (nSPS) is 17.1. The maximum atomic E-state index is 12.3. The second kappa shape index (κ2) is 5.72. The SMILES string of the molecule is Cc1ccc(C(=O)NC2CCc3cc(C)ccc3C2)cc1. The summed E-state index contributed by atoms with van der Waals surface area (Å²) < 4.78 is 0. The monoisotopic (exact) mass is 279 g/mol. The first kappa shape index (κ1) is 13.9. The van der Waals surface area contributed by atoms with Crippen LogP contribution in [0.25, 0.3) is 0 Å². The van der Waals surface area contributed by atoms with Crippen LogP contribution in [0.1, 0.15) is 39.0 Å². The second-order valence-corrected chi connectivity index (χ2v) is 6.05. The molecule has 0 aliphatic heterocycles. The third kappa shape index (κ3) is 3.15. The molecule has 0 saturated carbocycles. The second-order valence-electron chi connectivity index (χ2n) is 6.05. The fourth-order valence-corrected chi connectivity index (χ4v) is 2.98. The van der Waals surface area contributed by atoms with E-state index in [1.807, 2.05) is 31.2 Å². The van der Waals surface area contributed by atoms with E-state index in [2.05, 4.69) is 30.4 Å². The van der Waals surface area contributed by atoms with Gasteiger partial charge in [-0.2, -0.15) is 0 Å². The summed E-state index contributed by atoms with van der Waals surface area (Å²) in [7, 11) is 0. The van der Waals surface area contributed by atoms with Crippen LogP contribution < -0.4 is 5.32 Å². The van der Waals surface area contributed by atoms with Gasteiger partial charge in [0.05, 0.1) is 0 Å². The maximum absolute atomic E-state index is 12.3. The summed E-state index contributed by atoms with van der Waals surface area (Å²) in [5.41, 5.74) is 6.05. The Labute approximate surface area is 126 Å². The molecule has 1 amide bonds. The quantitative estimate of drug-likeness (QED) is 0.894. The lowest BCUT2D eigenvalue weighted by molar-refractivity contribution is 0.0933.